The minimum atomic E-state index is 0.397. The molecule has 0 amide bonds. The first-order chi connectivity index (χ1) is 34.1. The predicted molar refractivity (Wildman–Crippen MR) is 281 cm³/mol. The Kier molecular flexibility index (Phi) is 11.6. The molecule has 0 aliphatic rings. The lowest BCUT2D eigenvalue weighted by atomic mass is 10.1. The molecule has 0 aliphatic heterocycles. The molecule has 0 atom stereocenters. The van der Waals surface area contributed by atoms with E-state index in [2.05, 4.69) is 98.3 Å². The van der Waals surface area contributed by atoms with Gasteiger partial charge in [0.05, 0.1) is 28.6 Å². The highest BCUT2D eigenvalue weighted by Gasteiger charge is 2.21. The van der Waals surface area contributed by atoms with Crippen LogP contribution in [0.25, 0.3) is 55.5 Å². The van der Waals surface area contributed by atoms with Crippen molar-refractivity contribution in [3.8, 4) is 11.4 Å². The number of nitrogens with one attached hydrogen (secondary N) is 1. The zero-order chi connectivity index (χ0) is 46.5. The topological polar surface area (TPSA) is 136 Å². The lowest BCUT2D eigenvalue weighted by molar-refractivity contribution is 0.914. The van der Waals surface area contributed by atoms with Gasteiger partial charge in [-0.05, 0) is 77.9 Å². The van der Waals surface area contributed by atoms with Crippen LogP contribution in [0, 0.1) is 0 Å². The molecule has 0 bridgehead atoms. The number of nitrogens with two attached hydrogens (primary N) is 1. The van der Waals surface area contributed by atoms with Crippen molar-refractivity contribution < 1.29 is 0 Å². The number of nitrogens with zero attached hydrogens (tertiary/aromatic N) is 9. The van der Waals surface area contributed by atoms with Gasteiger partial charge in [-0.15, -0.1) is 0 Å². The molecule has 5 aromatic heterocycles. The van der Waals surface area contributed by atoms with Crippen molar-refractivity contribution in [3.63, 3.8) is 0 Å². The van der Waals surface area contributed by atoms with Gasteiger partial charge in [0.15, 0.2) is 11.7 Å². The Hall–Kier alpha value is -9.35. The van der Waals surface area contributed by atoms with Crippen molar-refractivity contribution >= 4 is 67.5 Å². The quantitative estimate of drug-likeness (QED) is 0.104. The first-order valence-electron chi connectivity index (χ1n) is 22.7. The van der Waals surface area contributed by atoms with E-state index in [1.54, 1.807) is 7.05 Å². The van der Waals surface area contributed by atoms with Gasteiger partial charge in [0.2, 0.25) is 0 Å². The van der Waals surface area contributed by atoms with Gasteiger partial charge in [-0.3, -0.25) is 20.0 Å². The van der Waals surface area contributed by atoms with E-state index in [9.17, 15) is 0 Å². The molecule has 332 valence electrons. The Morgan fingerprint density at radius 2 is 0.986 bits per heavy atom. The number of hydrogen-bond donors (Lipinski definition) is 2. The van der Waals surface area contributed by atoms with Gasteiger partial charge in [-0.25, -0.2) is 15.0 Å². The molecule has 0 aliphatic carbocycles. The molecule has 0 radical (unpaired) electrons. The summed E-state index contributed by atoms with van der Waals surface area (Å²) in [5, 5.41) is 3.61. The molecule has 0 saturated heterocycles. The molecule has 5 heterocycles. The van der Waals surface area contributed by atoms with E-state index < -0.39 is 0 Å². The summed E-state index contributed by atoms with van der Waals surface area (Å²) in [5.41, 5.74) is 21.2. The molecular formula is C58H45N11. The van der Waals surface area contributed by atoms with Crippen LogP contribution in [0.2, 0.25) is 0 Å². The average molecular weight is 896 g/mol. The number of hydrogen-bond acceptors (Lipinski definition) is 5. The van der Waals surface area contributed by atoms with E-state index in [1.807, 2.05) is 134 Å². The summed E-state index contributed by atoms with van der Waals surface area (Å²) >= 11 is 0. The number of pyridine rings is 3. The fourth-order valence-electron chi connectivity index (χ4n) is 8.69. The van der Waals surface area contributed by atoms with Crippen molar-refractivity contribution in [2.75, 3.05) is 7.05 Å². The van der Waals surface area contributed by atoms with Crippen LogP contribution in [-0.4, -0.2) is 54.5 Å². The first kappa shape index (κ1) is 42.3. The maximum absolute atomic E-state index is 6.58. The third-order valence-corrected chi connectivity index (χ3v) is 12.1. The molecular weight excluding hydrogens is 851 g/mol. The summed E-state index contributed by atoms with van der Waals surface area (Å²) in [6, 6.07) is 67.3. The minimum Gasteiger partial charge on any atom is -0.383 e. The van der Waals surface area contributed by atoms with Crippen LogP contribution < -0.4 is 11.1 Å². The second-order valence-electron chi connectivity index (χ2n) is 16.4. The normalized spacial score (nSPS) is 12.7. The molecule has 11 rings (SSSR count). The number of aliphatic imine (C=N–C) groups is 4. The molecule has 0 unspecified atom stereocenters. The fourth-order valence-corrected chi connectivity index (χ4v) is 8.69. The van der Waals surface area contributed by atoms with Gasteiger partial charge in [0.25, 0.3) is 0 Å². The number of rotatable bonds is 10. The summed E-state index contributed by atoms with van der Waals surface area (Å²) in [6.45, 7) is 1.01. The van der Waals surface area contributed by atoms with Crippen LogP contribution in [-0.2, 0) is 13.1 Å². The summed E-state index contributed by atoms with van der Waals surface area (Å²) < 4.78 is 4.46. The maximum atomic E-state index is 6.58. The lowest BCUT2D eigenvalue weighted by Gasteiger charge is -2.13. The molecule has 11 heteroatoms. The maximum Gasteiger partial charge on any atom is 0.157 e. The Morgan fingerprint density at radius 1 is 0.478 bits per heavy atom. The van der Waals surface area contributed by atoms with E-state index in [1.165, 1.54) is 0 Å². The Morgan fingerprint density at radius 3 is 1.55 bits per heavy atom. The van der Waals surface area contributed by atoms with Gasteiger partial charge < -0.3 is 20.2 Å². The van der Waals surface area contributed by atoms with Gasteiger partial charge in [0.1, 0.15) is 33.7 Å². The number of benzene rings is 6. The van der Waals surface area contributed by atoms with E-state index in [0.717, 1.165) is 94.7 Å². The number of aromatic nitrogens is 5. The van der Waals surface area contributed by atoms with Gasteiger partial charge >= 0.3 is 0 Å². The van der Waals surface area contributed by atoms with Crippen LogP contribution in [0.1, 0.15) is 33.4 Å². The monoisotopic (exact) mass is 895 g/mol. The smallest absolute Gasteiger partial charge is 0.157 e. The number of fused-ring (bicyclic) bond motifs is 6. The zero-order valence-electron chi connectivity index (χ0n) is 37.7. The first-order valence-corrected chi connectivity index (χ1v) is 22.7. The van der Waals surface area contributed by atoms with E-state index in [0.29, 0.717) is 30.6 Å². The van der Waals surface area contributed by atoms with Crippen molar-refractivity contribution in [2.45, 2.75) is 13.1 Å². The summed E-state index contributed by atoms with van der Waals surface area (Å²) in [5.74, 6) is 2.34. The van der Waals surface area contributed by atoms with Gasteiger partial charge in [0, 0.05) is 59.6 Å². The van der Waals surface area contributed by atoms with Crippen LogP contribution in [0.3, 0.4) is 0 Å². The minimum absolute atomic E-state index is 0.397. The molecule has 69 heavy (non-hydrogen) atoms. The van der Waals surface area contributed by atoms with Crippen molar-refractivity contribution in [3.05, 3.63) is 246 Å². The van der Waals surface area contributed by atoms with Gasteiger partial charge in [-0.2, -0.15) is 0 Å². The van der Waals surface area contributed by atoms with Crippen LogP contribution in [0.4, 0.5) is 0 Å². The van der Waals surface area contributed by atoms with Crippen molar-refractivity contribution in [1.82, 2.24) is 29.4 Å². The third kappa shape index (κ3) is 8.52. The molecule has 3 N–H and O–H groups in total. The van der Waals surface area contributed by atoms with Crippen LogP contribution in [0.5, 0.6) is 0 Å². The highest BCUT2D eigenvalue weighted by Crippen LogP contribution is 2.36. The summed E-state index contributed by atoms with van der Waals surface area (Å²) in [4.78, 5) is 34.5. The largest absolute Gasteiger partial charge is 0.383 e. The third-order valence-electron chi connectivity index (χ3n) is 12.1. The van der Waals surface area contributed by atoms with Crippen LogP contribution >= 0.6 is 0 Å². The SMILES string of the molecule is CN=C(N=C(NCc1ccc(-n2c3cccnc3c3nc4c5ncccc5n(-c5ccc(C(N=C(N)c6ccccc6)=NCc6ccccc6)cc5)c4cc32)cc1)c1ccccc1)c1ccccc1. The fraction of sp³-hybridized carbons (Fsp3) is 0.0517. The molecule has 11 aromatic rings. The summed E-state index contributed by atoms with van der Waals surface area (Å²) in [6.07, 6.45) is 3.64. The number of amidine groups is 4. The van der Waals surface area contributed by atoms with Crippen molar-refractivity contribution in [2.24, 2.45) is 25.7 Å². The highest BCUT2D eigenvalue weighted by atomic mass is 15.1. The standard InChI is InChI=1S/C58H45N11/c1-60-56(42-20-10-4-11-21-42)67-58(43-22-12-5-13-23-43)64-38-40-26-30-45(31-27-40)68-47-24-14-34-61-51(47)53-49(68)36-50-54(65-53)52-48(25-15-35-62-52)69(50)46-32-28-44(29-33-46)57(63-37-39-16-6-2-7-17-39)66-55(59)41-18-8-3-9-19-41/h2-36H,37-38H2,1H3,(H2,59,63,66)(H,60,64,67). The molecule has 6 aromatic carbocycles. The molecule has 0 spiro atoms. The highest BCUT2D eigenvalue weighted by molar-refractivity contribution is 6.14. The van der Waals surface area contributed by atoms with E-state index >= 15 is 0 Å². The van der Waals surface area contributed by atoms with Crippen molar-refractivity contribution in [1.29, 1.82) is 0 Å². The Balaban J connectivity index is 0.966. The Labute approximate surface area is 398 Å². The average Bonchev–Trinajstić information content (AvgIpc) is 3.92. The second kappa shape index (κ2) is 18.9. The Bertz CT molecular complexity index is 3730. The lowest BCUT2D eigenvalue weighted by Crippen LogP contribution is -2.25. The molecule has 11 nitrogen and oxygen atoms in total. The van der Waals surface area contributed by atoms with Crippen LogP contribution in [0.15, 0.2) is 233 Å². The van der Waals surface area contributed by atoms with Gasteiger partial charge in [-0.1, -0.05) is 133 Å². The predicted octanol–water partition coefficient (Wildman–Crippen LogP) is 11.0. The molecule has 0 fully saturated rings. The van der Waals surface area contributed by atoms with E-state index in [4.69, 9.17) is 35.7 Å². The second-order valence-corrected chi connectivity index (χ2v) is 16.4. The summed E-state index contributed by atoms with van der Waals surface area (Å²) in [7, 11) is 1.77. The van der Waals surface area contributed by atoms with E-state index in [-0.39, 0.29) is 0 Å². The zero-order valence-corrected chi connectivity index (χ0v) is 37.7. The molecule has 0 saturated carbocycles.